The molecule has 2 atom stereocenters. The van der Waals surface area contributed by atoms with Crippen molar-refractivity contribution < 1.29 is 4.79 Å². The van der Waals surface area contributed by atoms with Gasteiger partial charge in [0.1, 0.15) is 0 Å². The highest BCUT2D eigenvalue weighted by Gasteiger charge is 2.28. The minimum Gasteiger partial charge on any atom is -0.353 e. The van der Waals surface area contributed by atoms with Crippen LogP contribution in [0.25, 0.3) is 0 Å². The van der Waals surface area contributed by atoms with Crippen molar-refractivity contribution in [3.63, 3.8) is 0 Å². The first kappa shape index (κ1) is 15.5. The Morgan fingerprint density at radius 1 is 1.62 bits per heavy atom. The predicted molar refractivity (Wildman–Crippen MR) is 80.1 cm³/mol. The summed E-state index contributed by atoms with van der Waals surface area (Å²) in [5, 5.41) is 11.7. The Hall–Kier alpha value is -1.93. The summed E-state index contributed by atoms with van der Waals surface area (Å²) < 4.78 is 0. The number of rotatable bonds is 5. The van der Waals surface area contributed by atoms with Crippen LogP contribution in [-0.4, -0.2) is 34.9 Å². The van der Waals surface area contributed by atoms with Gasteiger partial charge in [-0.1, -0.05) is 12.5 Å². The third kappa shape index (κ3) is 4.54. The fourth-order valence-corrected chi connectivity index (χ4v) is 2.62. The molecule has 0 unspecified atom stereocenters. The molecule has 0 bridgehead atoms. The van der Waals surface area contributed by atoms with Gasteiger partial charge in [-0.25, -0.2) is 0 Å². The zero-order valence-electron chi connectivity index (χ0n) is 12.5. The van der Waals surface area contributed by atoms with E-state index in [0.29, 0.717) is 6.54 Å². The van der Waals surface area contributed by atoms with Crippen LogP contribution in [0.4, 0.5) is 0 Å². The number of pyridine rings is 1. The summed E-state index contributed by atoms with van der Waals surface area (Å²) in [7, 11) is 0. The smallest absolute Gasteiger partial charge is 0.237 e. The second kappa shape index (κ2) is 7.75. The number of nitriles is 1. The molecule has 5 nitrogen and oxygen atoms in total. The number of carbonyl (C=O) groups is 1. The molecule has 0 spiro atoms. The molecule has 0 aliphatic carbocycles. The van der Waals surface area contributed by atoms with Crippen LogP contribution in [0.15, 0.2) is 24.5 Å². The van der Waals surface area contributed by atoms with E-state index in [1.165, 1.54) is 0 Å². The maximum atomic E-state index is 12.3. The van der Waals surface area contributed by atoms with E-state index in [1.54, 1.807) is 6.20 Å². The van der Waals surface area contributed by atoms with Crippen molar-refractivity contribution in [2.75, 3.05) is 13.1 Å². The highest BCUT2D eigenvalue weighted by Crippen LogP contribution is 2.19. The van der Waals surface area contributed by atoms with Crippen LogP contribution in [0.2, 0.25) is 0 Å². The van der Waals surface area contributed by atoms with E-state index in [1.807, 2.05) is 25.3 Å². The third-order valence-electron chi connectivity index (χ3n) is 3.83. The van der Waals surface area contributed by atoms with E-state index in [0.717, 1.165) is 37.9 Å². The average Bonchev–Trinajstić information content (AvgIpc) is 2.53. The summed E-state index contributed by atoms with van der Waals surface area (Å²) in [5.41, 5.74) is 1.13. The first-order valence-electron chi connectivity index (χ1n) is 7.51. The van der Waals surface area contributed by atoms with Crippen molar-refractivity contribution in [3.05, 3.63) is 30.1 Å². The molecule has 1 aromatic heterocycles. The van der Waals surface area contributed by atoms with Gasteiger partial charge in [0.2, 0.25) is 5.91 Å². The zero-order chi connectivity index (χ0) is 15.1. The highest BCUT2D eigenvalue weighted by molar-refractivity contribution is 5.81. The Morgan fingerprint density at radius 3 is 3.19 bits per heavy atom. The third-order valence-corrected chi connectivity index (χ3v) is 3.83. The number of aromatic nitrogens is 1. The second-order valence-corrected chi connectivity index (χ2v) is 5.62. The standard InChI is InChI=1S/C16H22N4O/c1-13(9-17)10-19-16(21)15-6-2-3-8-20(15)12-14-5-4-7-18-11-14/h4-5,7,11,13,15H,2-3,6,8,10,12H2,1H3,(H,19,21)/t13-,15-/m0/s1. The topological polar surface area (TPSA) is 69.0 Å². The highest BCUT2D eigenvalue weighted by atomic mass is 16.2. The molecule has 5 heteroatoms. The van der Waals surface area contributed by atoms with Crippen LogP contribution < -0.4 is 5.32 Å². The molecule has 21 heavy (non-hydrogen) atoms. The van der Waals surface area contributed by atoms with E-state index in [9.17, 15) is 4.79 Å². The molecule has 1 aliphatic rings. The van der Waals surface area contributed by atoms with Gasteiger partial charge in [0.15, 0.2) is 0 Å². The Balaban J connectivity index is 1.95. The first-order valence-corrected chi connectivity index (χ1v) is 7.51. The molecular weight excluding hydrogens is 264 g/mol. The van der Waals surface area contributed by atoms with Gasteiger partial charge in [0, 0.05) is 25.5 Å². The van der Waals surface area contributed by atoms with Gasteiger partial charge in [-0.3, -0.25) is 14.7 Å². The normalized spacial score (nSPS) is 20.5. The van der Waals surface area contributed by atoms with Crippen molar-refractivity contribution >= 4 is 5.91 Å². The van der Waals surface area contributed by atoms with Crippen LogP contribution in [0.3, 0.4) is 0 Å². The minimum absolute atomic E-state index is 0.0423. The molecule has 1 saturated heterocycles. The number of nitrogens with one attached hydrogen (secondary N) is 1. The largest absolute Gasteiger partial charge is 0.353 e. The van der Waals surface area contributed by atoms with Crippen molar-refractivity contribution in [2.24, 2.45) is 5.92 Å². The maximum Gasteiger partial charge on any atom is 0.237 e. The van der Waals surface area contributed by atoms with E-state index < -0.39 is 0 Å². The van der Waals surface area contributed by atoms with E-state index in [2.05, 4.69) is 21.3 Å². The monoisotopic (exact) mass is 286 g/mol. The molecular formula is C16H22N4O. The molecule has 1 amide bonds. The summed E-state index contributed by atoms with van der Waals surface area (Å²) in [6.07, 6.45) is 6.69. The van der Waals surface area contributed by atoms with E-state index in [-0.39, 0.29) is 17.9 Å². The summed E-state index contributed by atoms with van der Waals surface area (Å²) >= 11 is 0. The van der Waals surface area contributed by atoms with Gasteiger partial charge < -0.3 is 5.32 Å². The SMILES string of the molecule is C[C@@H](C#N)CNC(=O)[C@@H]1CCCCN1Cc1cccnc1. The van der Waals surface area contributed by atoms with Crippen molar-refractivity contribution in [1.29, 1.82) is 5.26 Å². The Labute approximate surface area is 126 Å². The predicted octanol–water partition coefficient (Wildman–Crippen LogP) is 1.71. The summed E-state index contributed by atoms with van der Waals surface area (Å²) in [5.74, 6) is -0.106. The molecule has 1 fully saturated rings. The number of hydrogen-bond acceptors (Lipinski definition) is 4. The van der Waals surface area contributed by atoms with Gasteiger partial charge in [-0.05, 0) is 37.9 Å². The number of amides is 1. The molecule has 2 rings (SSSR count). The van der Waals surface area contributed by atoms with Crippen molar-refractivity contribution in [1.82, 2.24) is 15.2 Å². The van der Waals surface area contributed by atoms with Gasteiger partial charge in [-0.2, -0.15) is 5.26 Å². The number of carbonyl (C=O) groups excluding carboxylic acids is 1. The average molecular weight is 286 g/mol. The fraction of sp³-hybridized carbons (Fsp3) is 0.562. The molecule has 1 aromatic rings. The van der Waals surface area contributed by atoms with E-state index >= 15 is 0 Å². The van der Waals surface area contributed by atoms with Gasteiger partial charge in [-0.15, -0.1) is 0 Å². The van der Waals surface area contributed by atoms with Gasteiger partial charge >= 0.3 is 0 Å². The molecule has 112 valence electrons. The van der Waals surface area contributed by atoms with Gasteiger partial charge in [0.25, 0.3) is 0 Å². The lowest BCUT2D eigenvalue weighted by molar-refractivity contribution is -0.128. The van der Waals surface area contributed by atoms with Crippen molar-refractivity contribution in [3.8, 4) is 6.07 Å². The first-order chi connectivity index (χ1) is 10.2. The lowest BCUT2D eigenvalue weighted by Crippen LogP contribution is -2.49. The summed E-state index contributed by atoms with van der Waals surface area (Å²) in [4.78, 5) is 18.7. The number of piperidine rings is 1. The van der Waals surface area contributed by atoms with Crippen LogP contribution in [0, 0.1) is 17.2 Å². The Morgan fingerprint density at radius 2 is 2.48 bits per heavy atom. The van der Waals surface area contributed by atoms with Gasteiger partial charge in [0.05, 0.1) is 18.0 Å². The quantitative estimate of drug-likeness (QED) is 0.894. The Bertz CT molecular complexity index is 497. The van der Waals surface area contributed by atoms with Crippen LogP contribution in [0.1, 0.15) is 31.7 Å². The van der Waals surface area contributed by atoms with Crippen molar-refractivity contribution in [2.45, 2.75) is 38.8 Å². The number of hydrogen-bond donors (Lipinski definition) is 1. The number of likely N-dealkylation sites (tertiary alicyclic amines) is 1. The van der Waals surface area contributed by atoms with Crippen LogP contribution >= 0.6 is 0 Å². The van der Waals surface area contributed by atoms with E-state index in [4.69, 9.17) is 5.26 Å². The molecule has 2 heterocycles. The maximum absolute atomic E-state index is 12.3. The zero-order valence-corrected chi connectivity index (χ0v) is 12.5. The Kier molecular flexibility index (Phi) is 5.70. The molecule has 0 radical (unpaired) electrons. The lowest BCUT2D eigenvalue weighted by Gasteiger charge is -2.34. The summed E-state index contributed by atoms with van der Waals surface area (Å²) in [6, 6.07) is 6.00. The molecule has 0 saturated carbocycles. The lowest BCUT2D eigenvalue weighted by atomic mass is 10.0. The molecule has 1 N–H and O–H groups in total. The summed E-state index contributed by atoms with van der Waals surface area (Å²) in [6.45, 7) is 3.92. The number of nitrogens with zero attached hydrogens (tertiary/aromatic N) is 3. The van der Waals surface area contributed by atoms with Crippen LogP contribution in [0.5, 0.6) is 0 Å². The van der Waals surface area contributed by atoms with Crippen LogP contribution in [-0.2, 0) is 11.3 Å². The second-order valence-electron chi connectivity index (χ2n) is 5.62. The molecule has 1 aliphatic heterocycles. The molecule has 0 aromatic carbocycles. The minimum atomic E-state index is -0.149. The fourth-order valence-electron chi connectivity index (χ4n) is 2.62.